The number of thiophene rings is 1. The lowest BCUT2D eigenvalue weighted by molar-refractivity contribution is 0.355. The average molecular weight is 195 g/mol. The molecule has 0 atom stereocenters. The highest BCUT2D eigenvalue weighted by atomic mass is 32.1. The Labute approximate surface area is 84.2 Å². The Kier molecular flexibility index (Phi) is 3.39. The molecule has 2 heterocycles. The number of aryl methyl sites for hydroxylation is 1. The van der Waals surface area contributed by atoms with Gasteiger partial charge >= 0.3 is 0 Å². The molecule has 1 aromatic rings. The molecule has 0 aliphatic carbocycles. The van der Waals surface area contributed by atoms with E-state index in [1.54, 1.807) is 4.88 Å². The third kappa shape index (κ3) is 2.82. The van der Waals surface area contributed by atoms with E-state index in [2.05, 4.69) is 22.8 Å². The fourth-order valence-electron chi connectivity index (χ4n) is 1.97. The largest absolute Gasteiger partial charge is 0.317 e. The molecule has 2 rings (SSSR count). The van der Waals surface area contributed by atoms with Crippen LogP contribution in [0.25, 0.3) is 0 Å². The van der Waals surface area contributed by atoms with Crippen LogP contribution in [-0.2, 0) is 6.42 Å². The lowest BCUT2D eigenvalue weighted by Gasteiger charge is -2.22. The number of nitrogens with one attached hydrogen (secondary N) is 1. The third-order valence-electron chi connectivity index (χ3n) is 2.84. The Bertz CT molecular complexity index is 224. The second-order valence-electron chi connectivity index (χ2n) is 3.81. The zero-order chi connectivity index (χ0) is 8.93. The van der Waals surface area contributed by atoms with Gasteiger partial charge in [-0.25, -0.2) is 0 Å². The molecule has 13 heavy (non-hydrogen) atoms. The Morgan fingerprint density at radius 3 is 2.92 bits per heavy atom. The molecule has 1 fully saturated rings. The van der Waals surface area contributed by atoms with Gasteiger partial charge in [0.25, 0.3) is 0 Å². The SMILES string of the molecule is c1csc(CCC2CCNCC2)c1. The van der Waals surface area contributed by atoms with E-state index in [9.17, 15) is 0 Å². The molecule has 0 unspecified atom stereocenters. The maximum absolute atomic E-state index is 3.41. The van der Waals surface area contributed by atoms with Gasteiger partial charge in [-0.2, -0.15) is 0 Å². The summed E-state index contributed by atoms with van der Waals surface area (Å²) in [6, 6.07) is 4.41. The van der Waals surface area contributed by atoms with E-state index in [1.807, 2.05) is 11.3 Å². The van der Waals surface area contributed by atoms with Gasteiger partial charge in [0.2, 0.25) is 0 Å². The lowest BCUT2D eigenvalue weighted by Crippen LogP contribution is -2.27. The first-order valence-corrected chi connectivity index (χ1v) is 6.06. The summed E-state index contributed by atoms with van der Waals surface area (Å²) in [4.78, 5) is 1.55. The van der Waals surface area contributed by atoms with E-state index in [0.717, 1.165) is 5.92 Å². The van der Waals surface area contributed by atoms with Gasteiger partial charge in [-0.3, -0.25) is 0 Å². The molecule has 2 heteroatoms. The van der Waals surface area contributed by atoms with Crippen LogP contribution < -0.4 is 5.32 Å². The quantitative estimate of drug-likeness (QED) is 0.782. The van der Waals surface area contributed by atoms with Gasteiger partial charge in [0.05, 0.1) is 0 Å². The minimum absolute atomic E-state index is 0.975. The second-order valence-corrected chi connectivity index (χ2v) is 4.84. The van der Waals surface area contributed by atoms with Crippen molar-refractivity contribution >= 4 is 11.3 Å². The van der Waals surface area contributed by atoms with Gasteiger partial charge in [0.1, 0.15) is 0 Å². The second kappa shape index (κ2) is 4.77. The summed E-state index contributed by atoms with van der Waals surface area (Å²) in [6.45, 7) is 2.46. The Morgan fingerprint density at radius 1 is 1.38 bits per heavy atom. The first-order chi connectivity index (χ1) is 6.45. The van der Waals surface area contributed by atoms with Gasteiger partial charge in [-0.1, -0.05) is 6.07 Å². The molecule has 0 aromatic carbocycles. The lowest BCUT2D eigenvalue weighted by atomic mass is 9.93. The van der Waals surface area contributed by atoms with Crippen molar-refractivity contribution in [3.05, 3.63) is 22.4 Å². The van der Waals surface area contributed by atoms with Gasteiger partial charge in [0, 0.05) is 4.88 Å². The maximum atomic E-state index is 3.41. The molecule has 1 aliphatic rings. The molecule has 1 aromatic heterocycles. The van der Waals surface area contributed by atoms with Gasteiger partial charge in [-0.15, -0.1) is 11.3 Å². The van der Waals surface area contributed by atoms with Crippen LogP contribution in [-0.4, -0.2) is 13.1 Å². The average Bonchev–Trinajstić information content (AvgIpc) is 2.69. The van der Waals surface area contributed by atoms with Crippen LogP contribution in [0.3, 0.4) is 0 Å². The Morgan fingerprint density at radius 2 is 2.23 bits per heavy atom. The first kappa shape index (κ1) is 9.22. The summed E-state index contributed by atoms with van der Waals surface area (Å²) >= 11 is 1.90. The molecule has 1 aliphatic heterocycles. The fourth-order valence-corrected chi connectivity index (χ4v) is 2.70. The highest BCUT2D eigenvalue weighted by Crippen LogP contribution is 2.20. The van der Waals surface area contributed by atoms with Crippen molar-refractivity contribution in [3.8, 4) is 0 Å². The van der Waals surface area contributed by atoms with Crippen LogP contribution in [0.5, 0.6) is 0 Å². The zero-order valence-corrected chi connectivity index (χ0v) is 8.78. The van der Waals surface area contributed by atoms with Crippen LogP contribution in [0.15, 0.2) is 17.5 Å². The third-order valence-corrected chi connectivity index (χ3v) is 3.77. The number of hydrogen-bond donors (Lipinski definition) is 1. The first-order valence-electron chi connectivity index (χ1n) is 5.18. The smallest absolute Gasteiger partial charge is 0.00453 e. The van der Waals surface area contributed by atoms with Crippen molar-refractivity contribution < 1.29 is 0 Å². The molecule has 0 bridgehead atoms. The van der Waals surface area contributed by atoms with E-state index < -0.39 is 0 Å². The predicted octanol–water partition coefficient (Wildman–Crippen LogP) is 2.68. The topological polar surface area (TPSA) is 12.0 Å². The van der Waals surface area contributed by atoms with Crippen molar-refractivity contribution in [2.24, 2.45) is 5.92 Å². The monoisotopic (exact) mass is 195 g/mol. The summed E-state index contributed by atoms with van der Waals surface area (Å²) in [7, 11) is 0. The molecule has 1 saturated heterocycles. The van der Waals surface area contributed by atoms with E-state index >= 15 is 0 Å². The molecule has 0 radical (unpaired) electrons. The van der Waals surface area contributed by atoms with Gasteiger partial charge in [-0.05, 0) is 56.1 Å². The molecule has 0 saturated carbocycles. The molecule has 0 amide bonds. The highest BCUT2D eigenvalue weighted by Gasteiger charge is 2.12. The van der Waals surface area contributed by atoms with Crippen LogP contribution >= 0.6 is 11.3 Å². The van der Waals surface area contributed by atoms with Gasteiger partial charge < -0.3 is 5.32 Å². The molecule has 1 N–H and O–H groups in total. The Hall–Kier alpha value is -0.340. The van der Waals surface area contributed by atoms with Crippen molar-refractivity contribution in [2.45, 2.75) is 25.7 Å². The van der Waals surface area contributed by atoms with Crippen molar-refractivity contribution in [1.29, 1.82) is 0 Å². The van der Waals surface area contributed by atoms with E-state index in [4.69, 9.17) is 0 Å². The summed E-state index contributed by atoms with van der Waals surface area (Å²) in [5.74, 6) is 0.975. The number of hydrogen-bond acceptors (Lipinski definition) is 2. The minimum atomic E-state index is 0.975. The normalized spacial score (nSPS) is 19.1. The van der Waals surface area contributed by atoms with Crippen molar-refractivity contribution in [1.82, 2.24) is 5.32 Å². The van der Waals surface area contributed by atoms with E-state index in [1.165, 1.54) is 38.8 Å². The van der Waals surface area contributed by atoms with Crippen LogP contribution in [0.4, 0.5) is 0 Å². The summed E-state index contributed by atoms with van der Waals surface area (Å²) in [6.07, 6.45) is 5.45. The molecule has 1 nitrogen and oxygen atoms in total. The summed E-state index contributed by atoms with van der Waals surface area (Å²) in [5, 5.41) is 5.59. The number of rotatable bonds is 3. The zero-order valence-electron chi connectivity index (χ0n) is 7.96. The van der Waals surface area contributed by atoms with Gasteiger partial charge in [0.15, 0.2) is 0 Å². The molecule has 72 valence electrons. The number of piperidine rings is 1. The molecule has 0 spiro atoms. The predicted molar refractivity (Wildman–Crippen MR) is 58.2 cm³/mol. The highest BCUT2D eigenvalue weighted by molar-refractivity contribution is 7.09. The van der Waals surface area contributed by atoms with Crippen molar-refractivity contribution in [2.75, 3.05) is 13.1 Å². The van der Waals surface area contributed by atoms with Crippen molar-refractivity contribution in [3.63, 3.8) is 0 Å². The van der Waals surface area contributed by atoms with E-state index in [-0.39, 0.29) is 0 Å². The van der Waals surface area contributed by atoms with Crippen LogP contribution in [0.1, 0.15) is 24.1 Å². The van der Waals surface area contributed by atoms with Crippen LogP contribution in [0, 0.1) is 5.92 Å². The molecular formula is C11H17NS. The van der Waals surface area contributed by atoms with E-state index in [0.29, 0.717) is 0 Å². The Balaban J connectivity index is 1.72. The minimum Gasteiger partial charge on any atom is -0.317 e. The standard InChI is InChI=1S/C11H17NS/c1-2-11(13-9-1)4-3-10-5-7-12-8-6-10/h1-2,9-10,12H,3-8H2. The summed E-state index contributed by atoms with van der Waals surface area (Å²) < 4.78 is 0. The molecular weight excluding hydrogens is 178 g/mol. The van der Waals surface area contributed by atoms with Crippen LogP contribution in [0.2, 0.25) is 0 Å². The summed E-state index contributed by atoms with van der Waals surface area (Å²) in [5.41, 5.74) is 0. The maximum Gasteiger partial charge on any atom is 0.00453 e. The fraction of sp³-hybridized carbons (Fsp3) is 0.636.